The van der Waals surface area contributed by atoms with Crippen molar-refractivity contribution in [2.45, 2.75) is 32.0 Å². The zero-order chi connectivity index (χ0) is 28.0. The van der Waals surface area contributed by atoms with Crippen LogP contribution in [0.1, 0.15) is 28.7 Å². The van der Waals surface area contributed by atoms with Crippen LogP contribution < -0.4 is 10.2 Å². The van der Waals surface area contributed by atoms with Gasteiger partial charge in [0.2, 0.25) is 5.91 Å². The molecule has 1 aliphatic heterocycles. The Labute approximate surface area is 235 Å². The number of benzene rings is 3. The molecule has 10 heteroatoms. The molecule has 1 fully saturated rings. The monoisotopic (exact) mass is 581 g/mol. The van der Waals surface area contributed by atoms with Gasteiger partial charge in [0.1, 0.15) is 5.82 Å². The van der Waals surface area contributed by atoms with Gasteiger partial charge in [0.25, 0.3) is 0 Å². The largest absolute Gasteiger partial charge is 0.416 e. The molecule has 3 aromatic carbocycles. The topological polar surface area (TPSA) is 35.6 Å². The van der Waals surface area contributed by atoms with E-state index in [1.807, 2.05) is 11.0 Å². The quantitative estimate of drug-likeness (QED) is 0.224. The molecule has 39 heavy (non-hydrogen) atoms. The summed E-state index contributed by atoms with van der Waals surface area (Å²) < 4.78 is 54.2. The van der Waals surface area contributed by atoms with E-state index in [-0.39, 0.29) is 18.3 Å². The Morgan fingerprint density at radius 1 is 0.872 bits per heavy atom. The number of carbonyl (C=O) groups is 1. The second-order valence-electron chi connectivity index (χ2n) is 9.46. The van der Waals surface area contributed by atoms with Crippen molar-refractivity contribution in [3.63, 3.8) is 0 Å². The number of piperazine rings is 1. The Morgan fingerprint density at radius 3 is 2.31 bits per heavy atom. The van der Waals surface area contributed by atoms with Gasteiger partial charge in [-0.3, -0.25) is 4.79 Å². The molecule has 1 heterocycles. The van der Waals surface area contributed by atoms with Crippen molar-refractivity contribution < 1.29 is 22.4 Å². The molecule has 0 radical (unpaired) electrons. The van der Waals surface area contributed by atoms with Gasteiger partial charge >= 0.3 is 6.18 Å². The number of nitrogens with one attached hydrogen (secondary N) is 1. The lowest BCUT2D eigenvalue weighted by Gasteiger charge is -2.37. The maximum atomic E-state index is 13.9. The summed E-state index contributed by atoms with van der Waals surface area (Å²) in [5, 5.41) is 4.22. The molecule has 0 atom stereocenters. The van der Waals surface area contributed by atoms with Gasteiger partial charge in [0.15, 0.2) is 0 Å². The highest BCUT2D eigenvalue weighted by atomic mass is 35.5. The molecule has 1 N–H and O–H groups in total. The molecule has 4 nitrogen and oxygen atoms in total. The molecule has 0 unspecified atom stereocenters. The summed E-state index contributed by atoms with van der Waals surface area (Å²) in [4.78, 5) is 16.6. The summed E-state index contributed by atoms with van der Waals surface area (Å²) in [6, 6.07) is 15.4. The minimum Gasteiger partial charge on any atom is -0.368 e. The average molecular weight is 582 g/mol. The highest BCUT2D eigenvalue weighted by molar-refractivity contribution is 6.35. The Morgan fingerprint density at radius 2 is 1.62 bits per heavy atom. The lowest BCUT2D eigenvalue weighted by molar-refractivity contribution is -0.137. The van der Waals surface area contributed by atoms with Gasteiger partial charge in [-0.05, 0) is 72.5 Å². The molecular weight excluding hydrogens is 553 g/mol. The summed E-state index contributed by atoms with van der Waals surface area (Å²) in [7, 11) is 0. The van der Waals surface area contributed by atoms with Crippen LogP contribution in [0.2, 0.25) is 10.0 Å². The van der Waals surface area contributed by atoms with Crippen molar-refractivity contribution in [3.8, 4) is 0 Å². The van der Waals surface area contributed by atoms with Gasteiger partial charge < -0.3 is 15.1 Å². The minimum absolute atomic E-state index is 0.00289. The molecule has 208 valence electrons. The Bertz CT molecular complexity index is 1290. The number of rotatable bonds is 9. The summed E-state index contributed by atoms with van der Waals surface area (Å²) in [5.41, 5.74) is 1.89. The van der Waals surface area contributed by atoms with Crippen molar-refractivity contribution in [2.24, 2.45) is 0 Å². The third-order valence-corrected chi connectivity index (χ3v) is 7.43. The maximum absolute atomic E-state index is 13.9. The number of anilines is 1. The molecule has 0 bridgehead atoms. The molecule has 4 rings (SSSR count). The van der Waals surface area contributed by atoms with E-state index >= 15 is 0 Å². The highest BCUT2D eigenvalue weighted by Gasteiger charge is 2.32. The van der Waals surface area contributed by atoms with Gasteiger partial charge in [-0.2, -0.15) is 13.2 Å². The van der Waals surface area contributed by atoms with Gasteiger partial charge in [0, 0.05) is 54.9 Å². The first-order chi connectivity index (χ1) is 18.6. The van der Waals surface area contributed by atoms with Gasteiger partial charge in [0.05, 0.1) is 5.56 Å². The first-order valence-electron chi connectivity index (χ1n) is 12.7. The Hall–Kier alpha value is -2.81. The molecule has 1 amide bonds. The molecule has 3 aromatic rings. The SMILES string of the molecule is O=C(CCc1ccc(Cl)cc1Cl)N1CCN(c2ccc(C(F)(F)F)cc2CNCCc2ccccc2F)CC1. The van der Waals surface area contributed by atoms with Crippen molar-refractivity contribution in [3.05, 3.63) is 98.8 Å². The predicted molar refractivity (Wildman–Crippen MR) is 147 cm³/mol. The number of aryl methyl sites for hydroxylation is 1. The zero-order valence-corrected chi connectivity index (χ0v) is 22.7. The lowest BCUT2D eigenvalue weighted by Crippen LogP contribution is -2.49. The fourth-order valence-electron chi connectivity index (χ4n) is 4.68. The fourth-order valence-corrected chi connectivity index (χ4v) is 5.18. The van der Waals surface area contributed by atoms with Crippen LogP contribution in [0, 0.1) is 5.82 Å². The van der Waals surface area contributed by atoms with E-state index in [4.69, 9.17) is 23.2 Å². The number of carbonyl (C=O) groups excluding carboxylic acids is 1. The van der Waals surface area contributed by atoms with E-state index in [2.05, 4.69) is 5.32 Å². The average Bonchev–Trinajstić information content (AvgIpc) is 2.91. The van der Waals surface area contributed by atoms with Gasteiger partial charge in [-0.15, -0.1) is 0 Å². The van der Waals surface area contributed by atoms with Crippen molar-refractivity contribution in [2.75, 3.05) is 37.6 Å². The van der Waals surface area contributed by atoms with Crippen LogP contribution >= 0.6 is 23.2 Å². The van der Waals surface area contributed by atoms with Crippen LogP contribution in [0.25, 0.3) is 0 Å². The van der Waals surface area contributed by atoms with Crippen LogP contribution in [0.5, 0.6) is 0 Å². The second kappa shape index (κ2) is 13.0. The van der Waals surface area contributed by atoms with E-state index in [1.54, 1.807) is 35.2 Å². The third kappa shape index (κ3) is 7.87. The Balaban J connectivity index is 1.36. The third-order valence-electron chi connectivity index (χ3n) is 6.85. The lowest BCUT2D eigenvalue weighted by atomic mass is 10.1. The fraction of sp³-hybridized carbons (Fsp3) is 0.345. The second-order valence-corrected chi connectivity index (χ2v) is 10.3. The van der Waals surface area contributed by atoms with E-state index in [1.165, 1.54) is 18.2 Å². The smallest absolute Gasteiger partial charge is 0.368 e. The summed E-state index contributed by atoms with van der Waals surface area (Å²) in [5.74, 6) is -0.300. The Kier molecular flexibility index (Phi) is 9.75. The predicted octanol–water partition coefficient (Wildman–Crippen LogP) is 6.77. The van der Waals surface area contributed by atoms with E-state index in [9.17, 15) is 22.4 Å². The summed E-state index contributed by atoms with van der Waals surface area (Å²) in [6.07, 6.45) is -3.24. The van der Waals surface area contributed by atoms with E-state index in [0.29, 0.717) is 78.8 Å². The molecule has 1 saturated heterocycles. The molecule has 0 spiro atoms. The number of nitrogens with zero attached hydrogens (tertiary/aromatic N) is 2. The van der Waals surface area contributed by atoms with E-state index in [0.717, 1.165) is 11.6 Å². The van der Waals surface area contributed by atoms with Crippen molar-refractivity contribution >= 4 is 34.8 Å². The van der Waals surface area contributed by atoms with Gasteiger partial charge in [-0.25, -0.2) is 4.39 Å². The molecule has 0 aliphatic carbocycles. The zero-order valence-electron chi connectivity index (χ0n) is 21.2. The number of hydrogen-bond acceptors (Lipinski definition) is 3. The highest BCUT2D eigenvalue weighted by Crippen LogP contribution is 2.33. The van der Waals surface area contributed by atoms with Gasteiger partial charge in [-0.1, -0.05) is 47.5 Å². The number of alkyl halides is 3. The molecule has 0 aromatic heterocycles. The maximum Gasteiger partial charge on any atom is 0.416 e. The van der Waals surface area contributed by atoms with Crippen LogP contribution in [0.3, 0.4) is 0 Å². The molecule has 0 saturated carbocycles. The van der Waals surface area contributed by atoms with Crippen LogP contribution in [-0.4, -0.2) is 43.5 Å². The molecular formula is C29H29Cl2F4N3O. The standard InChI is InChI=1S/C29H29Cl2F4N3O/c30-24-8-5-20(25(31)18-24)6-10-28(39)38-15-13-37(14-16-38)27-9-7-23(29(33,34)35)17-22(27)19-36-12-11-21-3-1-2-4-26(21)32/h1-5,7-9,17-18,36H,6,10-16,19H2. The summed E-state index contributed by atoms with van der Waals surface area (Å²) >= 11 is 12.2. The molecule has 1 aliphatic rings. The van der Waals surface area contributed by atoms with E-state index < -0.39 is 11.7 Å². The number of halogens is 6. The number of hydrogen-bond donors (Lipinski definition) is 1. The van der Waals surface area contributed by atoms with Crippen LogP contribution in [-0.2, 0) is 30.4 Å². The van der Waals surface area contributed by atoms with Crippen LogP contribution in [0.15, 0.2) is 60.7 Å². The minimum atomic E-state index is -4.46. The summed E-state index contributed by atoms with van der Waals surface area (Å²) in [6.45, 7) is 2.55. The van der Waals surface area contributed by atoms with Crippen LogP contribution in [0.4, 0.5) is 23.2 Å². The first-order valence-corrected chi connectivity index (χ1v) is 13.5. The van der Waals surface area contributed by atoms with Crippen molar-refractivity contribution in [1.29, 1.82) is 0 Å². The van der Waals surface area contributed by atoms with Crippen molar-refractivity contribution in [1.82, 2.24) is 10.2 Å². The normalized spacial score (nSPS) is 14.1. The first kappa shape index (κ1) is 29.2. The number of amides is 1.